The van der Waals surface area contributed by atoms with E-state index in [0.717, 1.165) is 6.42 Å². The van der Waals surface area contributed by atoms with E-state index in [2.05, 4.69) is 36.6 Å². The van der Waals surface area contributed by atoms with Crippen LogP contribution in [0.2, 0.25) is 0 Å². The maximum atomic E-state index is 11.1. The summed E-state index contributed by atoms with van der Waals surface area (Å²) in [5.74, 6) is -0.697. The van der Waals surface area contributed by atoms with Crippen molar-refractivity contribution in [2.24, 2.45) is 0 Å². The van der Waals surface area contributed by atoms with Gasteiger partial charge in [0.1, 0.15) is 0 Å². The van der Waals surface area contributed by atoms with E-state index in [4.69, 9.17) is 5.11 Å². The van der Waals surface area contributed by atoms with E-state index in [9.17, 15) is 4.79 Å². The van der Waals surface area contributed by atoms with Crippen LogP contribution in [0.25, 0.3) is 10.4 Å². The average Bonchev–Trinajstić information content (AvgIpc) is 2.92. The molecule has 1 aliphatic rings. The van der Waals surface area contributed by atoms with Crippen LogP contribution in [-0.2, 0) is 11.2 Å². The van der Waals surface area contributed by atoms with Crippen LogP contribution in [-0.4, -0.2) is 11.1 Å². The summed E-state index contributed by atoms with van der Waals surface area (Å²) in [5, 5.41) is 11.1. The van der Waals surface area contributed by atoms with Gasteiger partial charge in [0.2, 0.25) is 0 Å². The lowest BCUT2D eigenvalue weighted by Crippen LogP contribution is -2.05. The Morgan fingerprint density at radius 3 is 2.89 bits per heavy atom. The lowest BCUT2D eigenvalue weighted by molar-refractivity contribution is -0.137. The lowest BCUT2D eigenvalue weighted by Gasteiger charge is -2.11. The van der Waals surface area contributed by atoms with Crippen LogP contribution in [0, 0.1) is 0 Å². The number of rotatable bonds is 3. The standard InChI is InChI=1S/C15H14O2S/c1-2-9-3-4-10-12(7-9)13(8-14(16)17)11-5-6-18-15(10)11/h3-7,13H,2,8H2,1H3,(H,16,17). The second-order valence-electron chi connectivity index (χ2n) is 4.63. The first-order chi connectivity index (χ1) is 8.70. The number of hydrogen-bond acceptors (Lipinski definition) is 2. The van der Waals surface area contributed by atoms with Gasteiger partial charge >= 0.3 is 5.97 Å². The van der Waals surface area contributed by atoms with Crippen LogP contribution in [0.4, 0.5) is 0 Å². The van der Waals surface area contributed by atoms with Crippen molar-refractivity contribution in [1.29, 1.82) is 0 Å². The van der Waals surface area contributed by atoms with Gasteiger partial charge in [-0.05, 0) is 40.1 Å². The van der Waals surface area contributed by atoms with Crippen molar-refractivity contribution >= 4 is 17.3 Å². The molecule has 1 unspecified atom stereocenters. The van der Waals surface area contributed by atoms with Crippen molar-refractivity contribution < 1.29 is 9.90 Å². The van der Waals surface area contributed by atoms with Gasteiger partial charge in [0, 0.05) is 10.8 Å². The molecule has 18 heavy (non-hydrogen) atoms. The van der Waals surface area contributed by atoms with E-state index in [-0.39, 0.29) is 12.3 Å². The summed E-state index contributed by atoms with van der Waals surface area (Å²) >= 11 is 1.71. The largest absolute Gasteiger partial charge is 0.481 e. The smallest absolute Gasteiger partial charge is 0.304 e. The molecule has 0 spiro atoms. The number of aryl methyl sites for hydroxylation is 1. The highest BCUT2D eigenvalue weighted by Gasteiger charge is 2.31. The summed E-state index contributed by atoms with van der Waals surface area (Å²) in [6, 6.07) is 8.53. The predicted molar refractivity (Wildman–Crippen MR) is 73.2 cm³/mol. The molecule has 92 valence electrons. The summed E-state index contributed by atoms with van der Waals surface area (Å²) in [4.78, 5) is 12.3. The zero-order valence-corrected chi connectivity index (χ0v) is 11.0. The third-order valence-corrected chi connectivity index (χ3v) is 4.56. The molecule has 0 fully saturated rings. The minimum Gasteiger partial charge on any atom is -0.481 e. The highest BCUT2D eigenvalue weighted by molar-refractivity contribution is 7.13. The first-order valence-corrected chi connectivity index (χ1v) is 7.01. The molecule has 0 bridgehead atoms. The Kier molecular flexibility index (Phi) is 2.71. The number of thiophene rings is 1. The Balaban J connectivity index is 2.14. The van der Waals surface area contributed by atoms with Crippen LogP contribution < -0.4 is 0 Å². The molecule has 0 amide bonds. The maximum absolute atomic E-state index is 11.1. The Bertz CT molecular complexity index is 613. The third kappa shape index (κ3) is 1.66. The Hall–Kier alpha value is -1.61. The first-order valence-electron chi connectivity index (χ1n) is 6.13. The average molecular weight is 258 g/mol. The lowest BCUT2D eigenvalue weighted by atomic mass is 9.93. The minimum absolute atomic E-state index is 0.0326. The molecule has 1 aliphatic carbocycles. The fourth-order valence-electron chi connectivity index (χ4n) is 2.70. The summed E-state index contributed by atoms with van der Waals surface area (Å²) < 4.78 is 0. The van der Waals surface area contributed by atoms with Crippen LogP contribution >= 0.6 is 11.3 Å². The molecular formula is C15H14O2S. The normalized spacial score (nSPS) is 16.4. The van der Waals surface area contributed by atoms with Crippen molar-refractivity contribution in [1.82, 2.24) is 0 Å². The molecule has 1 aromatic carbocycles. The van der Waals surface area contributed by atoms with Gasteiger partial charge in [0.25, 0.3) is 0 Å². The SMILES string of the molecule is CCc1ccc2c(c1)C(CC(=O)O)c1ccsc1-2. The number of carbonyl (C=O) groups is 1. The van der Waals surface area contributed by atoms with Crippen molar-refractivity contribution in [2.75, 3.05) is 0 Å². The molecule has 1 N–H and O–H groups in total. The van der Waals surface area contributed by atoms with Crippen molar-refractivity contribution in [3.8, 4) is 10.4 Å². The van der Waals surface area contributed by atoms with Gasteiger partial charge in [-0.1, -0.05) is 25.1 Å². The topological polar surface area (TPSA) is 37.3 Å². The van der Waals surface area contributed by atoms with E-state index in [0.29, 0.717) is 0 Å². The number of carboxylic acids is 1. The molecule has 2 nitrogen and oxygen atoms in total. The minimum atomic E-state index is -0.730. The molecule has 1 heterocycles. The molecule has 3 rings (SSSR count). The highest BCUT2D eigenvalue weighted by atomic mass is 32.1. The maximum Gasteiger partial charge on any atom is 0.304 e. The van der Waals surface area contributed by atoms with E-state index < -0.39 is 5.97 Å². The number of fused-ring (bicyclic) bond motifs is 3. The number of benzene rings is 1. The molecule has 0 aliphatic heterocycles. The van der Waals surface area contributed by atoms with Gasteiger partial charge in [-0.15, -0.1) is 11.3 Å². The van der Waals surface area contributed by atoms with Gasteiger partial charge < -0.3 is 5.11 Å². The predicted octanol–water partition coefficient (Wildman–Crippen LogP) is 3.90. The second-order valence-corrected chi connectivity index (χ2v) is 5.55. The Morgan fingerprint density at radius 1 is 1.33 bits per heavy atom. The summed E-state index contributed by atoms with van der Waals surface area (Å²) in [6.07, 6.45) is 1.17. The second kappa shape index (κ2) is 4.25. The zero-order valence-electron chi connectivity index (χ0n) is 10.1. The zero-order chi connectivity index (χ0) is 12.7. The molecule has 3 heteroatoms. The number of hydrogen-bond donors (Lipinski definition) is 1. The summed E-state index contributed by atoms with van der Waals surface area (Å²) in [5.41, 5.74) is 4.88. The monoisotopic (exact) mass is 258 g/mol. The van der Waals surface area contributed by atoms with Gasteiger partial charge in [0.15, 0.2) is 0 Å². The van der Waals surface area contributed by atoms with Gasteiger partial charge in [0.05, 0.1) is 6.42 Å². The molecule has 0 saturated carbocycles. The molecule has 0 radical (unpaired) electrons. The van der Waals surface area contributed by atoms with Crippen LogP contribution in [0.1, 0.15) is 36.0 Å². The first kappa shape index (κ1) is 11.5. The number of aliphatic carboxylic acids is 1. The molecular weight excluding hydrogens is 244 g/mol. The van der Waals surface area contributed by atoms with Crippen LogP contribution in [0.5, 0.6) is 0 Å². The Labute approximate surface area is 110 Å². The van der Waals surface area contributed by atoms with Gasteiger partial charge in [-0.2, -0.15) is 0 Å². The fourth-order valence-corrected chi connectivity index (χ4v) is 3.71. The molecule has 1 aromatic heterocycles. The highest BCUT2D eigenvalue weighted by Crippen LogP contribution is 2.49. The van der Waals surface area contributed by atoms with E-state index in [1.165, 1.54) is 27.1 Å². The number of carboxylic acid groups (broad SMARTS) is 1. The summed E-state index contributed by atoms with van der Waals surface area (Å²) in [7, 11) is 0. The molecule has 0 saturated heterocycles. The summed E-state index contributed by atoms with van der Waals surface area (Å²) in [6.45, 7) is 2.12. The van der Waals surface area contributed by atoms with E-state index >= 15 is 0 Å². The third-order valence-electron chi connectivity index (χ3n) is 3.59. The van der Waals surface area contributed by atoms with Crippen LogP contribution in [0.3, 0.4) is 0 Å². The molecule has 2 aromatic rings. The van der Waals surface area contributed by atoms with E-state index in [1.807, 2.05) is 0 Å². The van der Waals surface area contributed by atoms with Crippen molar-refractivity contribution in [3.05, 3.63) is 46.3 Å². The Morgan fingerprint density at radius 2 is 2.17 bits per heavy atom. The van der Waals surface area contributed by atoms with E-state index in [1.54, 1.807) is 11.3 Å². The van der Waals surface area contributed by atoms with Gasteiger partial charge in [-0.3, -0.25) is 4.79 Å². The van der Waals surface area contributed by atoms with Gasteiger partial charge in [-0.25, -0.2) is 0 Å². The fraction of sp³-hybridized carbons (Fsp3) is 0.267. The van der Waals surface area contributed by atoms with Crippen molar-refractivity contribution in [2.45, 2.75) is 25.7 Å². The quantitative estimate of drug-likeness (QED) is 0.906. The molecule has 1 atom stereocenters. The van der Waals surface area contributed by atoms with Crippen molar-refractivity contribution in [3.63, 3.8) is 0 Å². The van der Waals surface area contributed by atoms with Crippen LogP contribution in [0.15, 0.2) is 29.6 Å².